The summed E-state index contributed by atoms with van der Waals surface area (Å²) in [6.07, 6.45) is 0.440. The highest BCUT2D eigenvalue weighted by Gasteiger charge is 2.57. The Labute approximate surface area is 201 Å². The van der Waals surface area contributed by atoms with Gasteiger partial charge in [0.1, 0.15) is 28.2 Å². The Balaban J connectivity index is 0.00000158. The third-order valence-electron chi connectivity index (χ3n) is 5.76. The van der Waals surface area contributed by atoms with Gasteiger partial charge in [-0.15, -0.1) is 0 Å². The van der Waals surface area contributed by atoms with E-state index in [2.05, 4.69) is 10.4 Å². The van der Waals surface area contributed by atoms with Crippen LogP contribution in [-0.2, 0) is 9.67 Å². The van der Waals surface area contributed by atoms with Crippen LogP contribution in [0, 0.1) is 23.4 Å². The molecule has 3 N–H and O–H groups in total. The Kier molecular flexibility index (Phi) is 8.27. The summed E-state index contributed by atoms with van der Waals surface area (Å²) in [5.41, 5.74) is 6.19. The Morgan fingerprint density at radius 2 is 1.94 bits per heavy atom. The summed E-state index contributed by atoms with van der Waals surface area (Å²) in [6.45, 7) is 6.16. The predicted octanol–water partition coefficient (Wildman–Crippen LogP) is 4.19. The summed E-state index contributed by atoms with van der Waals surface area (Å²) >= 11 is 1.09. The number of benzene rings is 2. The molecule has 2 heterocycles. The minimum absolute atomic E-state index is 0.0715. The van der Waals surface area contributed by atoms with Gasteiger partial charge in [0.05, 0.1) is 12.6 Å². The van der Waals surface area contributed by atoms with E-state index in [0.29, 0.717) is 17.7 Å². The highest BCUT2D eigenvalue weighted by Crippen LogP contribution is 2.57. The molecular weight excluding hydrogens is 465 g/mol. The fourth-order valence-corrected chi connectivity index (χ4v) is 5.53. The average molecular weight is 495 g/mol. The van der Waals surface area contributed by atoms with Crippen LogP contribution in [0.5, 0.6) is 5.75 Å². The minimum atomic E-state index is -1.23. The molecule has 184 valence electrons. The van der Waals surface area contributed by atoms with Gasteiger partial charge < -0.3 is 15.8 Å². The van der Waals surface area contributed by atoms with E-state index in [-0.39, 0.29) is 29.7 Å². The largest absolute Gasteiger partial charge is 0.493 e. The number of rotatable bonds is 5. The van der Waals surface area contributed by atoms with Gasteiger partial charge in [-0.1, -0.05) is 25.6 Å². The molecule has 1 unspecified atom stereocenters. The Bertz CT molecular complexity index is 1080. The minimum Gasteiger partial charge on any atom is -0.493 e. The SMILES string of the molecule is CC.CN[C@@H](C)C(=O)N1N=C(c2cc(F)ccc2F)S[C@@]12c1cc(F)ccc1OCC2CCN. The molecule has 0 bridgehead atoms. The van der Waals surface area contributed by atoms with Crippen molar-refractivity contribution in [2.45, 2.75) is 38.1 Å². The molecule has 2 aliphatic heterocycles. The number of carbonyl (C=O) groups excluding carboxylic acids is 1. The molecule has 34 heavy (non-hydrogen) atoms. The van der Waals surface area contributed by atoms with Crippen LogP contribution in [0.1, 0.15) is 38.3 Å². The number of amides is 1. The normalized spacial score (nSPS) is 21.8. The zero-order valence-electron chi connectivity index (χ0n) is 19.6. The van der Waals surface area contributed by atoms with Gasteiger partial charge >= 0.3 is 0 Å². The summed E-state index contributed by atoms with van der Waals surface area (Å²) in [5.74, 6) is -2.20. The monoisotopic (exact) mass is 494 g/mol. The van der Waals surface area contributed by atoms with Crippen molar-refractivity contribution in [2.75, 3.05) is 20.2 Å². The lowest BCUT2D eigenvalue weighted by molar-refractivity contribution is -0.139. The van der Waals surface area contributed by atoms with E-state index in [9.17, 15) is 18.0 Å². The molecule has 1 spiro atoms. The average Bonchev–Trinajstić information content (AvgIpc) is 3.24. The maximum atomic E-state index is 14.7. The number of hydrazone groups is 1. The molecule has 0 radical (unpaired) electrons. The zero-order chi connectivity index (χ0) is 25.0. The molecule has 6 nitrogen and oxygen atoms in total. The molecule has 2 aliphatic rings. The molecule has 4 rings (SSSR count). The second-order valence-electron chi connectivity index (χ2n) is 7.71. The first-order valence-corrected chi connectivity index (χ1v) is 12.0. The summed E-state index contributed by atoms with van der Waals surface area (Å²) in [7, 11) is 1.63. The smallest absolute Gasteiger partial charge is 0.261 e. The quantitative estimate of drug-likeness (QED) is 0.652. The van der Waals surface area contributed by atoms with Crippen LogP contribution in [0.2, 0.25) is 0 Å². The maximum Gasteiger partial charge on any atom is 0.261 e. The van der Waals surface area contributed by atoms with Crippen LogP contribution in [0.25, 0.3) is 0 Å². The lowest BCUT2D eigenvalue weighted by Crippen LogP contribution is -2.55. The van der Waals surface area contributed by atoms with Crippen molar-refractivity contribution in [1.29, 1.82) is 0 Å². The number of nitrogens with one attached hydrogen (secondary N) is 1. The lowest BCUT2D eigenvalue weighted by Gasteiger charge is -2.45. The third kappa shape index (κ3) is 4.54. The number of nitrogens with two attached hydrogens (primary N) is 1. The highest BCUT2D eigenvalue weighted by molar-refractivity contribution is 8.15. The van der Waals surface area contributed by atoms with Crippen LogP contribution in [0.4, 0.5) is 13.2 Å². The Hall–Kier alpha value is -2.56. The number of thioether (sulfide) groups is 1. The topological polar surface area (TPSA) is 80.0 Å². The first-order chi connectivity index (χ1) is 16.3. The number of hydrogen-bond donors (Lipinski definition) is 2. The number of nitrogens with zero attached hydrogens (tertiary/aromatic N) is 2. The maximum absolute atomic E-state index is 14.7. The van der Waals surface area contributed by atoms with Crippen LogP contribution in [-0.4, -0.2) is 42.2 Å². The number of ether oxygens (including phenoxy) is 1. The summed E-state index contributed by atoms with van der Waals surface area (Å²) in [4.78, 5) is 12.2. The van der Waals surface area contributed by atoms with E-state index in [4.69, 9.17) is 10.5 Å². The van der Waals surface area contributed by atoms with Gasteiger partial charge in [0.25, 0.3) is 5.91 Å². The number of halogens is 3. The number of fused-ring (bicyclic) bond motifs is 2. The van der Waals surface area contributed by atoms with Gasteiger partial charge in [-0.25, -0.2) is 18.2 Å². The molecule has 3 atom stereocenters. The molecule has 10 heteroatoms. The Morgan fingerprint density at radius 3 is 2.62 bits per heavy atom. The van der Waals surface area contributed by atoms with E-state index in [0.717, 1.165) is 30.0 Å². The molecule has 0 saturated heterocycles. The Morgan fingerprint density at radius 1 is 1.26 bits per heavy atom. The van der Waals surface area contributed by atoms with E-state index in [1.54, 1.807) is 14.0 Å². The van der Waals surface area contributed by atoms with Crippen LogP contribution < -0.4 is 15.8 Å². The second kappa shape index (κ2) is 10.8. The number of carbonyl (C=O) groups is 1. The summed E-state index contributed by atoms with van der Waals surface area (Å²) in [5, 5.41) is 8.74. The van der Waals surface area contributed by atoms with Gasteiger partial charge in [-0.3, -0.25) is 4.79 Å². The van der Waals surface area contributed by atoms with E-state index in [1.165, 1.54) is 23.2 Å². The van der Waals surface area contributed by atoms with Crippen molar-refractivity contribution in [3.63, 3.8) is 0 Å². The highest BCUT2D eigenvalue weighted by atomic mass is 32.2. The van der Waals surface area contributed by atoms with Crippen LogP contribution in [0.3, 0.4) is 0 Å². The van der Waals surface area contributed by atoms with Crippen LogP contribution in [0.15, 0.2) is 41.5 Å². The molecule has 1 amide bonds. The number of hydrogen-bond acceptors (Lipinski definition) is 6. The van der Waals surface area contributed by atoms with Gasteiger partial charge in [0, 0.05) is 17.0 Å². The first kappa shape index (κ1) is 26.1. The van der Waals surface area contributed by atoms with Crippen molar-refractivity contribution >= 4 is 22.7 Å². The van der Waals surface area contributed by atoms with Crippen molar-refractivity contribution in [3.05, 3.63) is 65.0 Å². The fourth-order valence-electron chi connectivity index (χ4n) is 4.00. The van der Waals surface area contributed by atoms with E-state index in [1.807, 2.05) is 13.8 Å². The summed E-state index contributed by atoms with van der Waals surface area (Å²) in [6, 6.07) is 6.49. The fraction of sp³-hybridized carbons (Fsp3) is 0.417. The molecule has 2 aromatic rings. The van der Waals surface area contributed by atoms with Gasteiger partial charge in [-0.05, 0) is 63.3 Å². The molecular formula is C24H29F3N4O2S. The molecule has 0 aliphatic carbocycles. The molecule has 0 aromatic heterocycles. The molecule has 0 saturated carbocycles. The lowest BCUT2D eigenvalue weighted by atomic mass is 9.86. The standard InChI is InChI=1S/C22H23F3N4O2S.C2H6/c1-12(27-2)21(30)29-22(32-20(28-29)16-9-14(23)3-5-18(16)25)13(7-8-26)11-31-19-6-4-15(24)10-17(19)22;1-2/h3-6,9-10,12-13,27H,7-8,11,26H2,1-2H3;1-2H3/t12-,13?,22-;/m0./s1. The van der Waals surface area contributed by atoms with Crippen molar-refractivity contribution in [3.8, 4) is 5.75 Å². The van der Waals surface area contributed by atoms with Crippen molar-refractivity contribution < 1.29 is 22.7 Å². The van der Waals surface area contributed by atoms with Crippen molar-refractivity contribution in [1.82, 2.24) is 10.3 Å². The second-order valence-corrected chi connectivity index (χ2v) is 8.93. The van der Waals surface area contributed by atoms with E-state index < -0.39 is 34.3 Å². The third-order valence-corrected chi connectivity index (χ3v) is 7.30. The first-order valence-electron chi connectivity index (χ1n) is 11.2. The van der Waals surface area contributed by atoms with Gasteiger partial charge in [-0.2, -0.15) is 5.10 Å². The van der Waals surface area contributed by atoms with Gasteiger partial charge in [0.15, 0.2) is 4.87 Å². The van der Waals surface area contributed by atoms with Gasteiger partial charge in [0.2, 0.25) is 0 Å². The van der Waals surface area contributed by atoms with Crippen LogP contribution >= 0.6 is 11.8 Å². The zero-order valence-corrected chi connectivity index (χ0v) is 20.4. The molecule has 2 aromatic carbocycles. The predicted molar refractivity (Wildman–Crippen MR) is 128 cm³/mol. The summed E-state index contributed by atoms with van der Waals surface area (Å²) < 4.78 is 48.8. The number of likely N-dealkylation sites (N-methyl/N-ethyl adjacent to an activating group) is 1. The van der Waals surface area contributed by atoms with E-state index >= 15 is 0 Å². The molecule has 0 fully saturated rings. The van der Waals surface area contributed by atoms with Crippen molar-refractivity contribution in [2.24, 2.45) is 16.8 Å².